The molecule has 9 heteroatoms. The van der Waals surface area contributed by atoms with Gasteiger partial charge in [0.15, 0.2) is 0 Å². The van der Waals surface area contributed by atoms with E-state index in [1.165, 1.54) is 17.0 Å². The zero-order chi connectivity index (χ0) is 29.3. The molecule has 0 unspecified atom stereocenters. The number of aryl methyl sites for hydroxylation is 1. The van der Waals surface area contributed by atoms with E-state index in [0.29, 0.717) is 24.6 Å². The Morgan fingerprint density at radius 3 is 2.20 bits per heavy atom. The van der Waals surface area contributed by atoms with E-state index in [4.69, 9.17) is 4.74 Å². The van der Waals surface area contributed by atoms with Gasteiger partial charge in [-0.3, -0.25) is 13.9 Å². The molecular formula is C31H39N3O5S. The standard InChI is InChI=1S/C31H39N3O5S/c1-6-39-28-17-15-27(16-18-28)34(40(37,38)29-13-8-7-9-14-29)22-30(35)33(21-26-12-10-11-24(4)19-26)25(5)31(36)32-20-23(2)3/h7-19,23,25H,6,20-22H2,1-5H3,(H,32,36)/t25-/m1/s1. The summed E-state index contributed by atoms with van der Waals surface area (Å²) in [6.45, 7) is 10.1. The van der Waals surface area contributed by atoms with Crippen molar-refractivity contribution in [2.45, 2.75) is 52.1 Å². The molecule has 3 rings (SSSR count). The van der Waals surface area contributed by atoms with Crippen molar-refractivity contribution < 1.29 is 22.7 Å². The topological polar surface area (TPSA) is 96.0 Å². The number of carbonyl (C=O) groups is 2. The van der Waals surface area contributed by atoms with Gasteiger partial charge in [-0.25, -0.2) is 8.42 Å². The lowest BCUT2D eigenvalue weighted by atomic mass is 10.1. The molecule has 1 atom stereocenters. The predicted molar refractivity (Wildman–Crippen MR) is 158 cm³/mol. The van der Waals surface area contributed by atoms with Crippen LogP contribution in [0.4, 0.5) is 5.69 Å². The van der Waals surface area contributed by atoms with E-state index in [2.05, 4.69) is 5.32 Å². The van der Waals surface area contributed by atoms with Gasteiger partial charge in [-0.2, -0.15) is 0 Å². The van der Waals surface area contributed by atoms with Crippen LogP contribution in [0.15, 0.2) is 83.8 Å². The summed E-state index contributed by atoms with van der Waals surface area (Å²) in [6, 6.07) is 21.4. The van der Waals surface area contributed by atoms with E-state index in [1.54, 1.807) is 49.4 Å². The highest BCUT2D eigenvalue weighted by Gasteiger charge is 2.32. The van der Waals surface area contributed by atoms with Crippen LogP contribution in [0.5, 0.6) is 5.75 Å². The third-order valence-corrected chi connectivity index (χ3v) is 8.12. The van der Waals surface area contributed by atoms with Gasteiger partial charge in [-0.05, 0) is 68.7 Å². The summed E-state index contributed by atoms with van der Waals surface area (Å²) in [5.41, 5.74) is 2.17. The largest absolute Gasteiger partial charge is 0.494 e. The van der Waals surface area contributed by atoms with Crippen LogP contribution in [0.2, 0.25) is 0 Å². The minimum absolute atomic E-state index is 0.0599. The van der Waals surface area contributed by atoms with Crippen molar-refractivity contribution in [2.75, 3.05) is 24.0 Å². The van der Waals surface area contributed by atoms with Gasteiger partial charge in [0.25, 0.3) is 10.0 Å². The van der Waals surface area contributed by atoms with E-state index in [1.807, 2.05) is 52.0 Å². The quantitative estimate of drug-likeness (QED) is 0.322. The summed E-state index contributed by atoms with van der Waals surface area (Å²) in [5.74, 6) is 0.0322. The van der Waals surface area contributed by atoms with Gasteiger partial charge >= 0.3 is 0 Å². The number of benzene rings is 3. The molecule has 0 aliphatic rings. The van der Waals surface area contributed by atoms with E-state index < -0.39 is 28.5 Å². The lowest BCUT2D eigenvalue weighted by Crippen LogP contribution is -2.51. The van der Waals surface area contributed by atoms with E-state index in [-0.39, 0.29) is 23.3 Å². The first-order chi connectivity index (χ1) is 19.0. The third kappa shape index (κ3) is 8.08. The van der Waals surface area contributed by atoms with Gasteiger partial charge in [-0.15, -0.1) is 0 Å². The summed E-state index contributed by atoms with van der Waals surface area (Å²) < 4.78 is 34.3. The van der Waals surface area contributed by atoms with Crippen molar-refractivity contribution in [3.63, 3.8) is 0 Å². The van der Waals surface area contributed by atoms with Crippen molar-refractivity contribution in [1.29, 1.82) is 0 Å². The average Bonchev–Trinajstić information content (AvgIpc) is 2.94. The molecule has 2 amide bonds. The molecule has 0 saturated carbocycles. The van der Waals surface area contributed by atoms with Gasteiger partial charge in [-0.1, -0.05) is 61.9 Å². The van der Waals surface area contributed by atoms with Crippen molar-refractivity contribution in [1.82, 2.24) is 10.2 Å². The van der Waals surface area contributed by atoms with Crippen LogP contribution in [-0.2, 0) is 26.2 Å². The fourth-order valence-corrected chi connectivity index (χ4v) is 5.60. The Balaban J connectivity index is 2.00. The maximum absolute atomic E-state index is 14.0. The van der Waals surface area contributed by atoms with Crippen molar-refractivity contribution in [2.24, 2.45) is 5.92 Å². The summed E-state index contributed by atoms with van der Waals surface area (Å²) in [5, 5.41) is 2.90. The van der Waals surface area contributed by atoms with E-state index >= 15 is 0 Å². The van der Waals surface area contributed by atoms with E-state index in [0.717, 1.165) is 15.4 Å². The lowest BCUT2D eigenvalue weighted by Gasteiger charge is -2.32. The van der Waals surface area contributed by atoms with Crippen LogP contribution in [0, 0.1) is 12.8 Å². The second kappa shape index (κ2) is 14.0. The zero-order valence-electron chi connectivity index (χ0n) is 23.8. The number of sulfonamides is 1. The second-order valence-electron chi connectivity index (χ2n) is 10.1. The van der Waals surface area contributed by atoms with Crippen LogP contribution in [0.1, 0.15) is 38.8 Å². The fraction of sp³-hybridized carbons (Fsp3) is 0.355. The zero-order valence-corrected chi connectivity index (χ0v) is 24.6. The molecule has 0 aromatic heterocycles. The lowest BCUT2D eigenvalue weighted by molar-refractivity contribution is -0.139. The molecule has 0 spiro atoms. The highest BCUT2D eigenvalue weighted by Crippen LogP contribution is 2.26. The number of carbonyl (C=O) groups excluding carboxylic acids is 2. The Morgan fingerprint density at radius 1 is 0.925 bits per heavy atom. The molecule has 0 heterocycles. The molecule has 0 bridgehead atoms. The molecule has 0 aliphatic heterocycles. The molecule has 1 N–H and O–H groups in total. The van der Waals surface area contributed by atoms with E-state index in [9.17, 15) is 18.0 Å². The van der Waals surface area contributed by atoms with Crippen molar-refractivity contribution in [3.8, 4) is 5.75 Å². The van der Waals surface area contributed by atoms with Crippen molar-refractivity contribution in [3.05, 3.63) is 90.0 Å². The molecule has 3 aromatic carbocycles. The second-order valence-corrected chi connectivity index (χ2v) is 11.9. The molecule has 3 aromatic rings. The normalized spacial score (nSPS) is 12.1. The number of rotatable bonds is 13. The van der Waals surface area contributed by atoms with Crippen LogP contribution in [0.3, 0.4) is 0 Å². The molecule has 0 aliphatic carbocycles. The number of hydrogen-bond donors (Lipinski definition) is 1. The first kappa shape index (κ1) is 30.7. The molecule has 40 heavy (non-hydrogen) atoms. The Kier molecular flexibility index (Phi) is 10.7. The fourth-order valence-electron chi connectivity index (χ4n) is 4.17. The molecule has 0 radical (unpaired) electrons. The smallest absolute Gasteiger partial charge is 0.264 e. The Hall–Kier alpha value is -3.85. The highest BCUT2D eigenvalue weighted by atomic mass is 32.2. The third-order valence-electron chi connectivity index (χ3n) is 6.33. The Bertz CT molecular complexity index is 1380. The molecule has 0 saturated heterocycles. The summed E-state index contributed by atoms with van der Waals surface area (Å²) in [7, 11) is -4.11. The minimum atomic E-state index is -4.11. The number of nitrogens with one attached hydrogen (secondary N) is 1. The minimum Gasteiger partial charge on any atom is -0.494 e. The number of hydrogen-bond acceptors (Lipinski definition) is 5. The Labute approximate surface area is 238 Å². The molecule has 8 nitrogen and oxygen atoms in total. The van der Waals surface area contributed by atoms with Gasteiger partial charge in [0.1, 0.15) is 18.3 Å². The Morgan fingerprint density at radius 2 is 1.60 bits per heavy atom. The molecular weight excluding hydrogens is 526 g/mol. The van der Waals surface area contributed by atoms with Gasteiger partial charge in [0.2, 0.25) is 11.8 Å². The van der Waals surface area contributed by atoms with Crippen LogP contribution >= 0.6 is 0 Å². The summed E-state index contributed by atoms with van der Waals surface area (Å²) in [4.78, 5) is 28.5. The first-order valence-electron chi connectivity index (χ1n) is 13.5. The number of amides is 2. The van der Waals surface area contributed by atoms with Crippen LogP contribution < -0.4 is 14.4 Å². The van der Waals surface area contributed by atoms with Crippen LogP contribution in [0.25, 0.3) is 0 Å². The van der Waals surface area contributed by atoms with Gasteiger partial charge < -0.3 is 15.0 Å². The summed E-state index contributed by atoms with van der Waals surface area (Å²) in [6.07, 6.45) is 0. The maximum atomic E-state index is 14.0. The predicted octanol–water partition coefficient (Wildman–Crippen LogP) is 4.78. The highest BCUT2D eigenvalue weighted by molar-refractivity contribution is 7.92. The number of anilines is 1. The number of ether oxygens (including phenoxy) is 1. The molecule has 0 fully saturated rings. The maximum Gasteiger partial charge on any atom is 0.264 e. The van der Waals surface area contributed by atoms with Crippen molar-refractivity contribution >= 4 is 27.5 Å². The van der Waals surface area contributed by atoms with Crippen LogP contribution in [-0.4, -0.2) is 50.9 Å². The van der Waals surface area contributed by atoms with Gasteiger partial charge in [0, 0.05) is 13.1 Å². The SMILES string of the molecule is CCOc1ccc(N(CC(=O)N(Cc2cccc(C)c2)[C@H](C)C(=O)NCC(C)C)S(=O)(=O)c2ccccc2)cc1. The van der Waals surface area contributed by atoms with Gasteiger partial charge in [0.05, 0.1) is 17.2 Å². The summed E-state index contributed by atoms with van der Waals surface area (Å²) >= 11 is 0. The number of nitrogens with zero attached hydrogens (tertiary/aromatic N) is 2. The first-order valence-corrected chi connectivity index (χ1v) is 14.9. The molecule has 214 valence electrons. The monoisotopic (exact) mass is 565 g/mol. The average molecular weight is 566 g/mol.